The minimum Gasteiger partial charge on any atom is -0.454 e. The number of thiophene rings is 3. The summed E-state index contributed by atoms with van der Waals surface area (Å²) < 4.78 is 20.6. The van der Waals surface area contributed by atoms with Crippen molar-refractivity contribution in [1.82, 2.24) is 9.13 Å². The van der Waals surface area contributed by atoms with Crippen molar-refractivity contribution in [2.24, 2.45) is 0 Å². The number of para-hydroxylation sites is 1. The van der Waals surface area contributed by atoms with E-state index in [1.165, 1.54) is 200 Å². The Morgan fingerprint density at radius 2 is 0.541 bits per heavy atom. The van der Waals surface area contributed by atoms with Crippen LogP contribution < -0.4 is 52.4 Å². The third-order valence-electron chi connectivity index (χ3n) is 32.5. The first kappa shape index (κ1) is 95.3. The predicted octanol–water partition coefficient (Wildman–Crippen LogP) is 36.1. The summed E-state index contributed by atoms with van der Waals surface area (Å²) in [5.41, 5.74) is 42.9. The van der Waals surface area contributed by atoms with E-state index in [1.54, 1.807) is 0 Å². The van der Waals surface area contributed by atoms with Gasteiger partial charge in [0, 0.05) is 119 Å². The molecule has 0 N–H and O–H groups in total. The molecule has 0 fully saturated rings. The van der Waals surface area contributed by atoms with Crippen molar-refractivity contribution >= 4 is 253 Å². The number of aromatic nitrogens is 2. The fourth-order valence-corrected chi connectivity index (χ4v) is 27.7. The van der Waals surface area contributed by atoms with Crippen LogP contribution in [0.3, 0.4) is 0 Å². The first-order chi connectivity index (χ1) is 70.1. The van der Waals surface area contributed by atoms with E-state index in [4.69, 9.17) is 4.42 Å². The minimum atomic E-state index is -0.107. The zero-order valence-corrected chi connectivity index (χ0v) is 93.4. The van der Waals surface area contributed by atoms with E-state index in [2.05, 4.69) is 525 Å². The molecule has 12 heteroatoms. The molecule has 148 heavy (non-hydrogen) atoms. The molecule has 0 aliphatic carbocycles. The monoisotopic (exact) mass is 1980 g/mol. The lowest BCUT2D eigenvalue weighted by Gasteiger charge is -2.42. The summed E-state index contributed by atoms with van der Waals surface area (Å²) >= 11 is 5.78. The van der Waals surface area contributed by atoms with Crippen molar-refractivity contribution in [1.29, 1.82) is 0 Å². The van der Waals surface area contributed by atoms with Gasteiger partial charge < -0.3 is 33.2 Å². The second kappa shape index (κ2) is 32.9. The Hall–Kier alpha value is -13.6. The summed E-state index contributed by atoms with van der Waals surface area (Å²) in [5, 5.41) is 10.1. The Labute approximate surface area is 885 Å². The van der Waals surface area contributed by atoms with Gasteiger partial charge in [-0.2, -0.15) is 0 Å². The third-order valence-corrected chi connectivity index (χ3v) is 36.0. The first-order valence-corrected chi connectivity index (χ1v) is 55.7. The van der Waals surface area contributed by atoms with E-state index in [0.717, 1.165) is 67.4 Å². The molecule has 736 valence electrons. The highest BCUT2D eigenvalue weighted by Gasteiger charge is 2.49. The molecule has 0 bridgehead atoms. The van der Waals surface area contributed by atoms with Crippen molar-refractivity contribution in [2.45, 2.75) is 236 Å². The van der Waals surface area contributed by atoms with Gasteiger partial charge in [-0.15, -0.1) is 34.0 Å². The van der Waals surface area contributed by atoms with Gasteiger partial charge in [-0.1, -0.05) is 357 Å². The predicted molar refractivity (Wildman–Crippen MR) is 649 cm³/mol. The van der Waals surface area contributed by atoms with E-state index in [-0.39, 0.29) is 62.2 Å². The van der Waals surface area contributed by atoms with Crippen LogP contribution in [-0.4, -0.2) is 22.6 Å². The molecule has 4 aliphatic rings. The normalized spacial score (nSPS) is 13.9. The van der Waals surface area contributed by atoms with Crippen molar-refractivity contribution in [3.63, 3.8) is 0 Å². The number of benzene rings is 16. The number of hydrogen-bond acceptors (Lipinski definition) is 8. The maximum Gasteiger partial charge on any atom is 0.252 e. The zero-order chi connectivity index (χ0) is 103. The van der Waals surface area contributed by atoms with Crippen LogP contribution in [0.1, 0.15) is 237 Å². The summed E-state index contributed by atoms with van der Waals surface area (Å²) in [4.78, 5) is 10.3. The summed E-state index contributed by atoms with van der Waals surface area (Å²) in [7, 11) is 0. The number of rotatable bonds is 8. The second-order valence-electron chi connectivity index (χ2n) is 51.8. The van der Waals surface area contributed by atoms with Crippen LogP contribution in [0.4, 0.5) is 68.2 Å². The Kier molecular flexibility index (Phi) is 21.2. The SMILES string of the molecule is CC(C)(C)c1ccc(N(c2ccc(C(C)(C)C)cc2)c2cc3c4c(c2)-n2c5c(cc(C(C)(C)C)cc5c5sc6ccccc6c52)B4c2ccc(C(C)(C)C)cc2N3c2cccc3c2oc2cc(C(C)(C)C)ccc23)cc1.CC(C)(C)c1ccc(N(c2ccc(C(C)(C)C)cc2)c2cc3c4c(c2)-n2c5c(cc(C(C)(C)C)cc5c5sc6ccccc6c52)B4c2ccc(C(C)(C)C)cc2N3c2cccc3sc4ccccc4c23)cc1. The number of nitrogens with zero attached hydrogens (tertiary/aromatic N) is 6. The second-order valence-corrected chi connectivity index (χ2v) is 55.0. The largest absolute Gasteiger partial charge is 0.454 e. The van der Waals surface area contributed by atoms with Gasteiger partial charge in [-0.25, -0.2) is 0 Å². The lowest BCUT2D eigenvalue weighted by Crippen LogP contribution is -2.60. The molecule has 22 aromatic rings. The van der Waals surface area contributed by atoms with Gasteiger partial charge in [-0.05, 0) is 271 Å². The highest BCUT2D eigenvalue weighted by molar-refractivity contribution is 7.27. The van der Waals surface area contributed by atoms with Crippen molar-refractivity contribution < 1.29 is 4.42 Å². The topological polar surface area (TPSA) is 36.0 Å². The van der Waals surface area contributed by atoms with Crippen LogP contribution in [0.15, 0.2) is 314 Å². The molecule has 26 rings (SSSR count). The summed E-state index contributed by atoms with van der Waals surface area (Å²) in [5.74, 6) is 0. The molecule has 0 radical (unpaired) electrons. The third kappa shape index (κ3) is 15.2. The van der Waals surface area contributed by atoms with Crippen LogP contribution >= 0.6 is 34.0 Å². The molecular weight excluding hydrogens is 1850 g/mol. The van der Waals surface area contributed by atoms with E-state index in [9.17, 15) is 0 Å². The minimum absolute atomic E-state index is 0.00320. The lowest BCUT2D eigenvalue weighted by atomic mass is 9.33. The molecule has 0 amide bonds. The number of furan rings is 1. The van der Waals surface area contributed by atoms with Crippen LogP contribution in [0.5, 0.6) is 0 Å². The Morgan fingerprint density at radius 3 is 0.939 bits per heavy atom. The first-order valence-electron chi connectivity index (χ1n) is 53.2. The number of anilines is 12. The smallest absolute Gasteiger partial charge is 0.252 e. The quantitative estimate of drug-likeness (QED) is 0.142. The van der Waals surface area contributed by atoms with E-state index in [1.807, 2.05) is 34.0 Å². The summed E-state index contributed by atoms with van der Waals surface area (Å²) in [6.45, 7) is 62.7. The molecule has 0 atom stereocenters. The fraction of sp³-hybridized carbons (Fsp3) is 0.265. The molecule has 0 saturated carbocycles. The standard InChI is InChI=1S/C70H70BN3OS.C66H62BN3S2/c1-66(2,3)41-23-29-46(30-24-41)72(47-31-25-42(26-32-47)67(4,5)6)48-39-57-61-58(40-48)74-62-52(65-63(74)51-19-16-17-22-60(51)76-65)35-45(70(13,14)15)36-54(62)71(61)53-34-28-43(68(7,8)9)37-56(53)73(57)55-21-18-20-50-49-33-27-44(69(10,11)12)38-59(49)75-64(50)55;1-63(2,3)39-24-29-43(30-25-39)68(44-31-26-40(27-32-44)64(4,5)6)45-37-53-59-54(38-45)70-60-48(62-61(70)47-19-14-16-22-56(47)72-62)34-42(66(10,11)12)35-50(60)67(59)49-33-28-41(65(7,8)9)36-52(49)69(53)51-20-17-23-57-58(51)46-18-13-15-21-55(46)71-57/h16-40H,1-15H3;13-38H,1-12H3. The molecule has 0 unspecified atom stereocenters. The van der Waals surface area contributed by atoms with E-state index in [0.29, 0.717) is 0 Å². The highest BCUT2D eigenvalue weighted by atomic mass is 32.1. The molecule has 10 heterocycles. The van der Waals surface area contributed by atoms with Crippen LogP contribution in [-0.2, 0) is 48.7 Å². The van der Waals surface area contributed by atoms with Gasteiger partial charge in [0.25, 0.3) is 13.4 Å². The molecular formula is C136H132B2N6OS3. The van der Waals surface area contributed by atoms with Gasteiger partial charge in [0.15, 0.2) is 5.58 Å². The number of hydrogen-bond donors (Lipinski definition) is 0. The Morgan fingerprint density at radius 1 is 0.216 bits per heavy atom. The molecule has 6 aromatic heterocycles. The summed E-state index contributed by atoms with van der Waals surface area (Å²) in [6, 6.07) is 120. The van der Waals surface area contributed by atoms with Crippen molar-refractivity contribution in [3.05, 3.63) is 359 Å². The van der Waals surface area contributed by atoms with Gasteiger partial charge >= 0.3 is 0 Å². The molecule has 4 aliphatic heterocycles. The molecule has 7 nitrogen and oxygen atoms in total. The van der Waals surface area contributed by atoms with Crippen LogP contribution in [0.2, 0.25) is 0 Å². The van der Waals surface area contributed by atoms with E-state index >= 15 is 0 Å². The van der Waals surface area contributed by atoms with Gasteiger partial charge in [0.1, 0.15) is 5.58 Å². The average molecular weight is 1980 g/mol. The Balaban J connectivity index is 0.000000154. The zero-order valence-electron chi connectivity index (χ0n) is 90.9. The summed E-state index contributed by atoms with van der Waals surface area (Å²) in [6.07, 6.45) is 0. The van der Waals surface area contributed by atoms with Crippen LogP contribution in [0, 0.1) is 0 Å². The van der Waals surface area contributed by atoms with Gasteiger partial charge in [0.05, 0.1) is 54.2 Å². The molecule has 0 spiro atoms. The maximum atomic E-state index is 7.27. The average Bonchev–Trinajstić information content (AvgIpc) is 1.52. The molecule has 16 aromatic carbocycles. The van der Waals surface area contributed by atoms with Crippen LogP contribution in [0.25, 0.3) is 116 Å². The van der Waals surface area contributed by atoms with Gasteiger partial charge in [-0.3, -0.25) is 0 Å². The highest BCUT2D eigenvalue weighted by Crippen LogP contribution is 2.57. The lowest BCUT2D eigenvalue weighted by molar-refractivity contribution is 0.587. The molecule has 0 saturated heterocycles. The van der Waals surface area contributed by atoms with Crippen molar-refractivity contribution in [2.75, 3.05) is 19.6 Å². The van der Waals surface area contributed by atoms with Gasteiger partial charge in [0.2, 0.25) is 0 Å². The Bertz CT molecular complexity index is 9170. The maximum absolute atomic E-state index is 7.27. The van der Waals surface area contributed by atoms with E-state index < -0.39 is 0 Å². The van der Waals surface area contributed by atoms with Crippen molar-refractivity contribution in [3.8, 4) is 11.4 Å². The number of fused-ring (bicyclic) bond motifs is 24. The fourth-order valence-electron chi connectivity index (χ4n) is 24.2.